The summed E-state index contributed by atoms with van der Waals surface area (Å²) in [5.41, 5.74) is 7.49. The number of carbonyl (C=O) groups excluding carboxylic acids is 1. The number of H-pyrrole nitrogens is 1. The third kappa shape index (κ3) is 10.7. The maximum atomic E-state index is 14.1. The molecule has 1 unspecified atom stereocenters. The summed E-state index contributed by atoms with van der Waals surface area (Å²) in [6.45, 7) is 12.8. The monoisotopic (exact) mass is 1010 g/mol. The minimum absolute atomic E-state index is 0.0462. The van der Waals surface area contributed by atoms with E-state index in [9.17, 15) is 33.5 Å². The van der Waals surface area contributed by atoms with Crippen molar-refractivity contribution in [3.8, 4) is 22.6 Å². The summed E-state index contributed by atoms with van der Waals surface area (Å²) < 4.78 is 36.1. The quantitative estimate of drug-likeness (QED) is 0.0511. The molecule has 2 fully saturated rings. The number of ether oxygens (including phenoxy) is 1. The maximum absolute atomic E-state index is 14.1. The molecule has 378 valence electrons. The van der Waals surface area contributed by atoms with E-state index in [1.54, 1.807) is 30.5 Å². The van der Waals surface area contributed by atoms with Crippen molar-refractivity contribution in [2.45, 2.75) is 102 Å². The van der Waals surface area contributed by atoms with Gasteiger partial charge >= 0.3 is 0 Å². The van der Waals surface area contributed by atoms with E-state index in [4.69, 9.17) is 4.74 Å². The third-order valence-electron chi connectivity index (χ3n) is 15.4. The first-order valence-corrected chi connectivity index (χ1v) is 27.3. The van der Waals surface area contributed by atoms with Crippen LogP contribution in [-0.4, -0.2) is 89.2 Å². The van der Waals surface area contributed by atoms with Crippen LogP contribution in [0.4, 0.5) is 17.1 Å². The first-order chi connectivity index (χ1) is 34.3. The Labute approximate surface area is 424 Å². The number of rotatable bonds is 14. The van der Waals surface area contributed by atoms with Gasteiger partial charge in [-0.1, -0.05) is 37.6 Å². The Morgan fingerprint density at radius 3 is 2.50 bits per heavy atom. The Morgan fingerprint density at radius 1 is 0.931 bits per heavy atom. The number of amides is 1. The van der Waals surface area contributed by atoms with Crippen LogP contribution in [0.25, 0.3) is 27.7 Å². The van der Waals surface area contributed by atoms with Gasteiger partial charge in [-0.05, 0) is 159 Å². The van der Waals surface area contributed by atoms with Crippen molar-refractivity contribution < 1.29 is 33.1 Å². The number of thiophene rings is 1. The lowest BCUT2D eigenvalue weighted by Gasteiger charge is -2.39. The molecule has 17 heteroatoms. The maximum Gasteiger partial charge on any atom is 0.293 e. The fourth-order valence-electron chi connectivity index (χ4n) is 10.9. The second-order valence-electron chi connectivity index (χ2n) is 21.6. The molecule has 72 heavy (non-hydrogen) atoms. The molecule has 4 heterocycles. The molecule has 1 amide bonds. The minimum atomic E-state index is -4.59. The number of nitrogens with zero attached hydrogens (tertiary/aromatic N) is 4. The number of carbonyl (C=O) groups is 1. The van der Waals surface area contributed by atoms with Crippen molar-refractivity contribution in [3.05, 3.63) is 128 Å². The van der Waals surface area contributed by atoms with Crippen LogP contribution in [0.3, 0.4) is 0 Å². The van der Waals surface area contributed by atoms with Gasteiger partial charge in [-0.15, -0.1) is 11.3 Å². The van der Waals surface area contributed by atoms with E-state index in [1.165, 1.54) is 51.0 Å². The lowest BCUT2D eigenvalue weighted by molar-refractivity contribution is -0.384. The highest BCUT2D eigenvalue weighted by Gasteiger charge is 2.34. The zero-order valence-corrected chi connectivity index (χ0v) is 42.9. The Hall–Kier alpha value is -6.11. The van der Waals surface area contributed by atoms with Crippen LogP contribution in [0.15, 0.2) is 101 Å². The van der Waals surface area contributed by atoms with Crippen molar-refractivity contribution in [2.75, 3.05) is 49.5 Å². The second kappa shape index (κ2) is 19.4. The second-order valence-corrected chi connectivity index (χ2v) is 24.2. The van der Waals surface area contributed by atoms with Gasteiger partial charge in [0.2, 0.25) is 0 Å². The van der Waals surface area contributed by atoms with Crippen molar-refractivity contribution in [1.29, 1.82) is 0 Å². The summed E-state index contributed by atoms with van der Waals surface area (Å²) in [7, 11) is -4.59. The molecule has 1 saturated heterocycles. The molecule has 15 nitrogen and oxygen atoms in total. The Kier molecular flexibility index (Phi) is 13.3. The molecule has 1 atom stereocenters. The molecule has 0 radical (unpaired) electrons. The molecule has 10 rings (SSSR count). The Bertz CT molecular complexity index is 3190. The summed E-state index contributed by atoms with van der Waals surface area (Å²) in [4.78, 5) is 38.8. The number of pyridine rings is 1. The molecule has 1 saturated carbocycles. The fourth-order valence-corrected chi connectivity index (χ4v) is 12.9. The number of aromatic nitrogens is 2. The number of allylic oxidation sites excluding steroid dienone is 1. The molecular weight excluding hydrogens is 951 g/mol. The largest absolute Gasteiger partial charge is 0.455 e. The van der Waals surface area contributed by atoms with Gasteiger partial charge in [-0.2, -0.15) is 0 Å². The number of benzene rings is 3. The van der Waals surface area contributed by atoms with Crippen LogP contribution in [0.1, 0.15) is 105 Å². The standard InChI is InChI=1S/C55H63N7O8S2/c1-53(2)16-13-39(45(30-53)50-27-40(34-71-50)36-5-9-46-37(25-36)14-19-55(46,4)65)33-60-21-23-61(24-22-60)41-6-8-44(49(28-41)70-42-26-38-15-20-56-51(38)58-32-42)52(63)59-72(68,69)43-7-10-47(48(29-43)62(66)67)57-31-35-11-17-54(3,64)18-12-35/h5-10,15,20,25-29,32,34-35,57,64-65H,11-14,16-19,21-24,30-31,33H2,1-4H3,(H,56,58)(H,59,63). The van der Waals surface area contributed by atoms with Crippen molar-refractivity contribution in [3.63, 3.8) is 0 Å². The van der Waals surface area contributed by atoms with E-state index in [0.29, 0.717) is 43.9 Å². The summed E-state index contributed by atoms with van der Waals surface area (Å²) in [5.74, 6) is -0.301. The van der Waals surface area contributed by atoms with Crippen molar-refractivity contribution in [1.82, 2.24) is 19.6 Å². The number of fused-ring (bicyclic) bond motifs is 2. The average Bonchev–Trinajstić information content (AvgIpc) is 4.11. The number of piperazine rings is 1. The first-order valence-electron chi connectivity index (χ1n) is 25.0. The van der Waals surface area contributed by atoms with E-state index in [-0.39, 0.29) is 28.3 Å². The van der Waals surface area contributed by atoms with Gasteiger partial charge in [0.05, 0.1) is 32.8 Å². The lowest BCUT2D eigenvalue weighted by Crippen LogP contribution is -2.47. The number of nitro benzene ring substituents is 1. The van der Waals surface area contributed by atoms with Crippen LogP contribution in [-0.2, 0) is 22.0 Å². The number of anilines is 2. The Morgan fingerprint density at radius 2 is 1.72 bits per heavy atom. The van der Waals surface area contributed by atoms with Gasteiger partial charge in [0.25, 0.3) is 21.6 Å². The zero-order chi connectivity index (χ0) is 50.6. The first kappa shape index (κ1) is 49.5. The summed E-state index contributed by atoms with van der Waals surface area (Å²) in [6.07, 6.45) is 10.9. The highest BCUT2D eigenvalue weighted by atomic mass is 32.2. The molecule has 3 aromatic carbocycles. The lowest BCUT2D eigenvalue weighted by atomic mass is 9.73. The van der Waals surface area contributed by atoms with E-state index in [2.05, 4.69) is 73.3 Å². The number of aryl methyl sites for hydroxylation is 1. The summed E-state index contributed by atoms with van der Waals surface area (Å²) in [6, 6.07) is 21.1. The SMILES string of the molecule is CC1(C)CCC(CN2CCN(c3ccc(C(=O)NS(=O)(=O)c4ccc(NCC5CCC(C)(O)CC5)c([N+](=O)[O-])c4)c(Oc4cnc5[nH]ccc5c4)c3)CC2)=C(c2cc(-c3ccc4c(c3)CCC4(C)O)cs2)C1. The van der Waals surface area contributed by atoms with Gasteiger partial charge in [0.15, 0.2) is 0 Å². The zero-order valence-electron chi connectivity index (χ0n) is 41.3. The van der Waals surface area contributed by atoms with Gasteiger partial charge in [-0.25, -0.2) is 18.1 Å². The normalized spacial score (nSPS) is 22.5. The van der Waals surface area contributed by atoms with Crippen LogP contribution in [0.5, 0.6) is 11.5 Å². The van der Waals surface area contributed by atoms with E-state index < -0.39 is 42.6 Å². The highest BCUT2D eigenvalue weighted by molar-refractivity contribution is 7.90. The summed E-state index contributed by atoms with van der Waals surface area (Å²) in [5, 5.41) is 39.6. The van der Waals surface area contributed by atoms with E-state index >= 15 is 0 Å². The number of nitro groups is 1. The predicted octanol–water partition coefficient (Wildman–Crippen LogP) is 10.4. The number of aromatic amines is 1. The number of aliphatic hydroxyl groups is 2. The van der Waals surface area contributed by atoms with E-state index in [1.807, 2.05) is 31.3 Å². The van der Waals surface area contributed by atoms with Gasteiger partial charge in [0.1, 0.15) is 22.8 Å². The van der Waals surface area contributed by atoms with Crippen LogP contribution in [0.2, 0.25) is 0 Å². The minimum Gasteiger partial charge on any atom is -0.455 e. The van der Waals surface area contributed by atoms with Gasteiger partial charge in [-0.3, -0.25) is 19.8 Å². The van der Waals surface area contributed by atoms with Crippen LogP contribution >= 0.6 is 11.3 Å². The smallest absolute Gasteiger partial charge is 0.293 e. The van der Waals surface area contributed by atoms with Gasteiger partial charge in [0, 0.05) is 73.5 Å². The van der Waals surface area contributed by atoms with E-state index in [0.717, 1.165) is 87.3 Å². The molecule has 5 N–H and O–H groups in total. The highest BCUT2D eigenvalue weighted by Crippen LogP contribution is 2.46. The average molecular weight is 1010 g/mol. The number of sulfonamides is 1. The number of nitrogens with one attached hydrogen (secondary N) is 3. The topological polar surface area (TPSA) is 203 Å². The molecule has 0 spiro atoms. The molecular formula is C55H63N7O8S2. The third-order valence-corrected chi connectivity index (χ3v) is 17.7. The molecule has 0 bridgehead atoms. The number of hydrogen-bond acceptors (Lipinski definition) is 13. The Balaban J connectivity index is 0.848. The molecule has 3 aromatic heterocycles. The predicted molar refractivity (Wildman–Crippen MR) is 282 cm³/mol. The van der Waals surface area contributed by atoms with Gasteiger partial charge < -0.3 is 30.2 Å². The fraction of sp³-hybridized carbons (Fsp3) is 0.418. The molecule has 3 aliphatic carbocycles. The number of hydrogen-bond donors (Lipinski definition) is 5. The molecule has 4 aliphatic rings. The van der Waals surface area contributed by atoms with Crippen LogP contribution < -0.4 is 19.7 Å². The molecule has 6 aromatic rings. The summed E-state index contributed by atoms with van der Waals surface area (Å²) >= 11 is 1.82. The van der Waals surface area contributed by atoms with Crippen LogP contribution in [0, 0.1) is 21.4 Å². The molecule has 1 aliphatic heterocycles. The van der Waals surface area contributed by atoms with Crippen molar-refractivity contribution in [2.24, 2.45) is 11.3 Å². The van der Waals surface area contributed by atoms with Crippen molar-refractivity contribution >= 4 is 60.9 Å².